The van der Waals surface area contributed by atoms with E-state index < -0.39 is 0 Å². The molecule has 1 aliphatic heterocycles. The third-order valence-corrected chi connectivity index (χ3v) is 4.68. The number of aliphatic imine (C=N–C) groups is 1. The number of benzene rings is 1. The molecule has 1 aromatic rings. The number of amides is 2. The highest BCUT2D eigenvalue weighted by Crippen LogP contribution is 2.21. The van der Waals surface area contributed by atoms with Gasteiger partial charge in [0.15, 0.2) is 5.96 Å². The minimum Gasteiger partial charge on any atom is -0.355 e. The van der Waals surface area contributed by atoms with Crippen LogP contribution in [0.3, 0.4) is 0 Å². The molecule has 0 spiro atoms. The minimum atomic E-state index is -0.215. The Labute approximate surface area is 142 Å². The van der Waals surface area contributed by atoms with Crippen LogP contribution in [0.15, 0.2) is 29.3 Å². The van der Waals surface area contributed by atoms with E-state index in [1.165, 1.54) is 37.0 Å². The van der Waals surface area contributed by atoms with Gasteiger partial charge in [0.1, 0.15) is 0 Å². The number of imide groups is 1. The van der Waals surface area contributed by atoms with Gasteiger partial charge in [-0.25, -0.2) is 0 Å². The Morgan fingerprint density at radius 3 is 2.33 bits per heavy atom. The highest BCUT2D eigenvalue weighted by molar-refractivity contribution is 6.21. The molecule has 1 heterocycles. The number of guanidine groups is 1. The van der Waals surface area contributed by atoms with Crippen molar-refractivity contribution in [2.45, 2.75) is 38.1 Å². The van der Waals surface area contributed by atoms with Gasteiger partial charge in [0, 0.05) is 26.2 Å². The van der Waals surface area contributed by atoms with Crippen LogP contribution in [0.5, 0.6) is 0 Å². The summed E-state index contributed by atoms with van der Waals surface area (Å²) in [6, 6.07) is 7.42. The van der Waals surface area contributed by atoms with Crippen LogP contribution in [0.4, 0.5) is 0 Å². The predicted molar refractivity (Wildman–Crippen MR) is 93.2 cm³/mol. The molecule has 0 unspecified atom stereocenters. The summed E-state index contributed by atoms with van der Waals surface area (Å²) in [5.74, 6) is 0.304. The SMILES string of the molecule is CN=C(NCCN1C(=O)c2ccccc2C1=O)NC1CCCCC1. The molecule has 0 aromatic heterocycles. The molecular weight excluding hydrogens is 304 g/mol. The Hall–Kier alpha value is -2.37. The number of hydrogen-bond acceptors (Lipinski definition) is 3. The molecule has 6 nitrogen and oxygen atoms in total. The average molecular weight is 328 g/mol. The maximum Gasteiger partial charge on any atom is 0.261 e. The fourth-order valence-corrected chi connectivity index (χ4v) is 3.36. The van der Waals surface area contributed by atoms with Gasteiger partial charge < -0.3 is 10.6 Å². The zero-order chi connectivity index (χ0) is 16.9. The van der Waals surface area contributed by atoms with Gasteiger partial charge in [-0.2, -0.15) is 0 Å². The van der Waals surface area contributed by atoms with Gasteiger partial charge in [-0.15, -0.1) is 0 Å². The maximum absolute atomic E-state index is 12.3. The van der Waals surface area contributed by atoms with E-state index in [9.17, 15) is 9.59 Å². The van der Waals surface area contributed by atoms with E-state index in [4.69, 9.17) is 0 Å². The predicted octanol–water partition coefficient (Wildman–Crippen LogP) is 1.78. The first-order valence-electron chi connectivity index (χ1n) is 8.63. The van der Waals surface area contributed by atoms with E-state index in [1.54, 1.807) is 31.3 Å². The topological polar surface area (TPSA) is 73.8 Å². The lowest BCUT2D eigenvalue weighted by molar-refractivity contribution is 0.0657. The molecule has 0 bridgehead atoms. The maximum atomic E-state index is 12.3. The van der Waals surface area contributed by atoms with Crippen molar-refractivity contribution >= 4 is 17.8 Å². The Bertz CT molecular complexity index is 615. The molecule has 0 radical (unpaired) electrons. The molecule has 24 heavy (non-hydrogen) atoms. The molecule has 2 amide bonds. The van der Waals surface area contributed by atoms with Crippen LogP contribution in [0.2, 0.25) is 0 Å². The zero-order valence-electron chi connectivity index (χ0n) is 14.0. The van der Waals surface area contributed by atoms with Crippen LogP contribution in [-0.4, -0.2) is 48.9 Å². The summed E-state index contributed by atoms with van der Waals surface area (Å²) in [6.07, 6.45) is 6.15. The summed E-state index contributed by atoms with van der Waals surface area (Å²) >= 11 is 0. The monoisotopic (exact) mass is 328 g/mol. The lowest BCUT2D eigenvalue weighted by Gasteiger charge is -2.25. The highest BCUT2D eigenvalue weighted by atomic mass is 16.2. The van der Waals surface area contributed by atoms with Crippen molar-refractivity contribution in [3.8, 4) is 0 Å². The van der Waals surface area contributed by atoms with Crippen molar-refractivity contribution in [2.75, 3.05) is 20.1 Å². The molecule has 2 aliphatic rings. The van der Waals surface area contributed by atoms with Crippen molar-refractivity contribution in [3.63, 3.8) is 0 Å². The number of fused-ring (bicyclic) bond motifs is 1. The van der Waals surface area contributed by atoms with E-state index in [0.29, 0.717) is 30.3 Å². The smallest absolute Gasteiger partial charge is 0.261 e. The van der Waals surface area contributed by atoms with Gasteiger partial charge in [0.05, 0.1) is 11.1 Å². The lowest BCUT2D eigenvalue weighted by Crippen LogP contribution is -2.46. The standard InChI is InChI=1S/C18H24N4O2/c1-19-18(21-13-7-3-2-4-8-13)20-11-12-22-16(23)14-9-5-6-10-15(14)17(22)24/h5-6,9-10,13H,2-4,7-8,11-12H2,1H3,(H2,19,20,21). The second-order valence-electron chi connectivity index (χ2n) is 6.29. The van der Waals surface area contributed by atoms with Crippen LogP contribution in [0.1, 0.15) is 52.8 Å². The van der Waals surface area contributed by atoms with Crippen LogP contribution in [0, 0.1) is 0 Å². The summed E-state index contributed by atoms with van der Waals surface area (Å²) in [5, 5.41) is 6.63. The van der Waals surface area contributed by atoms with Gasteiger partial charge in [0.2, 0.25) is 0 Å². The third kappa shape index (κ3) is 3.42. The number of rotatable bonds is 4. The van der Waals surface area contributed by atoms with Crippen LogP contribution >= 0.6 is 0 Å². The van der Waals surface area contributed by atoms with E-state index in [2.05, 4.69) is 15.6 Å². The number of carbonyl (C=O) groups is 2. The Balaban J connectivity index is 1.51. The summed E-state index contributed by atoms with van der Waals surface area (Å²) in [4.78, 5) is 30.1. The molecule has 3 rings (SSSR count). The average Bonchev–Trinajstić information content (AvgIpc) is 2.87. The van der Waals surface area contributed by atoms with Gasteiger partial charge in [-0.05, 0) is 25.0 Å². The van der Waals surface area contributed by atoms with E-state index in [1.807, 2.05) is 0 Å². The van der Waals surface area contributed by atoms with Gasteiger partial charge in [0.25, 0.3) is 11.8 Å². The molecule has 128 valence electrons. The zero-order valence-corrected chi connectivity index (χ0v) is 14.0. The first-order valence-corrected chi connectivity index (χ1v) is 8.63. The molecule has 1 aromatic carbocycles. The molecule has 2 N–H and O–H groups in total. The molecule has 0 saturated heterocycles. The van der Waals surface area contributed by atoms with Crippen molar-refractivity contribution < 1.29 is 9.59 Å². The van der Waals surface area contributed by atoms with Crippen LogP contribution in [-0.2, 0) is 0 Å². The Morgan fingerprint density at radius 2 is 1.75 bits per heavy atom. The molecular formula is C18H24N4O2. The van der Waals surface area contributed by atoms with E-state index in [0.717, 1.165) is 5.96 Å². The van der Waals surface area contributed by atoms with Crippen molar-refractivity contribution in [2.24, 2.45) is 4.99 Å². The molecule has 1 fully saturated rings. The first-order chi connectivity index (χ1) is 11.7. The van der Waals surface area contributed by atoms with E-state index >= 15 is 0 Å². The van der Waals surface area contributed by atoms with Gasteiger partial charge >= 0.3 is 0 Å². The summed E-state index contributed by atoms with van der Waals surface area (Å²) < 4.78 is 0. The summed E-state index contributed by atoms with van der Waals surface area (Å²) in [6.45, 7) is 0.815. The quantitative estimate of drug-likeness (QED) is 0.502. The minimum absolute atomic E-state index is 0.215. The lowest BCUT2D eigenvalue weighted by atomic mass is 9.96. The number of nitrogens with one attached hydrogen (secondary N) is 2. The van der Waals surface area contributed by atoms with Crippen molar-refractivity contribution in [3.05, 3.63) is 35.4 Å². The van der Waals surface area contributed by atoms with E-state index in [-0.39, 0.29) is 11.8 Å². The Morgan fingerprint density at radius 1 is 1.12 bits per heavy atom. The second-order valence-corrected chi connectivity index (χ2v) is 6.29. The first kappa shape index (κ1) is 16.5. The normalized spacial score (nSPS) is 18.7. The largest absolute Gasteiger partial charge is 0.355 e. The second kappa shape index (κ2) is 7.47. The van der Waals surface area contributed by atoms with Gasteiger partial charge in [-0.1, -0.05) is 31.4 Å². The molecule has 1 saturated carbocycles. The number of hydrogen-bond donors (Lipinski definition) is 2. The third-order valence-electron chi connectivity index (χ3n) is 4.68. The number of carbonyl (C=O) groups excluding carboxylic acids is 2. The van der Waals surface area contributed by atoms with Crippen LogP contribution < -0.4 is 10.6 Å². The van der Waals surface area contributed by atoms with Crippen molar-refractivity contribution in [1.82, 2.24) is 15.5 Å². The number of nitrogens with zero attached hydrogens (tertiary/aromatic N) is 2. The molecule has 1 aliphatic carbocycles. The molecule has 6 heteroatoms. The fraction of sp³-hybridized carbons (Fsp3) is 0.500. The van der Waals surface area contributed by atoms with Crippen LogP contribution in [0.25, 0.3) is 0 Å². The highest BCUT2D eigenvalue weighted by Gasteiger charge is 2.34. The fourth-order valence-electron chi connectivity index (χ4n) is 3.36. The molecule has 0 atom stereocenters. The summed E-state index contributed by atoms with van der Waals surface area (Å²) in [7, 11) is 1.74. The Kier molecular flexibility index (Phi) is 5.13. The van der Waals surface area contributed by atoms with Gasteiger partial charge in [-0.3, -0.25) is 19.5 Å². The summed E-state index contributed by atoms with van der Waals surface area (Å²) in [5.41, 5.74) is 0.986. The van der Waals surface area contributed by atoms with Crippen molar-refractivity contribution in [1.29, 1.82) is 0 Å².